The van der Waals surface area contributed by atoms with Crippen LogP contribution in [0.25, 0.3) is 0 Å². The van der Waals surface area contributed by atoms with Crippen molar-refractivity contribution < 1.29 is 14.4 Å². The number of benzene rings is 1. The topological polar surface area (TPSA) is 87.5 Å². The first-order valence-electron chi connectivity index (χ1n) is 10.9. The summed E-state index contributed by atoms with van der Waals surface area (Å²) in [6, 6.07) is 9.72. The molecule has 0 spiro atoms. The first-order valence-corrected chi connectivity index (χ1v) is 10.9. The van der Waals surface area contributed by atoms with Crippen molar-refractivity contribution in [3.63, 3.8) is 0 Å². The highest BCUT2D eigenvalue weighted by molar-refractivity contribution is 5.98. The van der Waals surface area contributed by atoms with Gasteiger partial charge in [0, 0.05) is 51.8 Å². The zero-order valence-electron chi connectivity index (χ0n) is 18.6. The predicted molar refractivity (Wildman–Crippen MR) is 118 cm³/mol. The number of nitrogens with zero attached hydrogens (tertiary/aromatic N) is 4. The van der Waals surface area contributed by atoms with Crippen molar-refractivity contribution >= 4 is 17.7 Å². The molecule has 3 amide bonds. The SMILES string of the molecule is CCNC(=O)CCN(CC)C(=O)c1cc2n(n1)CCCN(Cc1cccc(C)c1)C2=O. The van der Waals surface area contributed by atoms with E-state index in [-0.39, 0.29) is 29.8 Å². The van der Waals surface area contributed by atoms with Crippen LogP contribution in [0.1, 0.15) is 58.8 Å². The molecule has 166 valence electrons. The van der Waals surface area contributed by atoms with Gasteiger partial charge in [-0.2, -0.15) is 5.10 Å². The van der Waals surface area contributed by atoms with Gasteiger partial charge in [0.15, 0.2) is 5.69 Å². The van der Waals surface area contributed by atoms with Crippen LogP contribution in [0.4, 0.5) is 0 Å². The number of aryl methyl sites for hydroxylation is 2. The minimum Gasteiger partial charge on any atom is -0.356 e. The van der Waals surface area contributed by atoms with E-state index < -0.39 is 0 Å². The summed E-state index contributed by atoms with van der Waals surface area (Å²) >= 11 is 0. The maximum absolute atomic E-state index is 13.2. The van der Waals surface area contributed by atoms with E-state index >= 15 is 0 Å². The van der Waals surface area contributed by atoms with Gasteiger partial charge in [-0.1, -0.05) is 29.8 Å². The summed E-state index contributed by atoms with van der Waals surface area (Å²) in [5.74, 6) is -0.460. The smallest absolute Gasteiger partial charge is 0.274 e. The third-order valence-electron chi connectivity index (χ3n) is 5.41. The summed E-state index contributed by atoms with van der Waals surface area (Å²) in [6.07, 6.45) is 1.01. The minimum atomic E-state index is -0.259. The van der Waals surface area contributed by atoms with E-state index in [1.165, 1.54) is 0 Å². The lowest BCUT2D eigenvalue weighted by Crippen LogP contribution is -2.35. The molecule has 0 fully saturated rings. The van der Waals surface area contributed by atoms with Crippen LogP contribution in [0.5, 0.6) is 0 Å². The molecule has 1 aliphatic heterocycles. The molecule has 8 nitrogen and oxygen atoms in total. The average molecular weight is 426 g/mol. The fourth-order valence-electron chi connectivity index (χ4n) is 3.81. The van der Waals surface area contributed by atoms with Gasteiger partial charge in [-0.15, -0.1) is 0 Å². The summed E-state index contributed by atoms with van der Waals surface area (Å²) in [7, 11) is 0. The molecule has 31 heavy (non-hydrogen) atoms. The number of aromatic nitrogens is 2. The number of fused-ring (bicyclic) bond motifs is 1. The summed E-state index contributed by atoms with van der Waals surface area (Å²) in [6.45, 7) is 8.87. The first kappa shape index (κ1) is 22.5. The van der Waals surface area contributed by atoms with Gasteiger partial charge in [0.05, 0.1) is 0 Å². The number of carbonyl (C=O) groups is 3. The van der Waals surface area contributed by atoms with Crippen LogP contribution in [0.15, 0.2) is 30.3 Å². The Kier molecular flexibility index (Phi) is 7.44. The van der Waals surface area contributed by atoms with E-state index in [0.717, 1.165) is 17.5 Å². The number of amides is 3. The Morgan fingerprint density at radius 1 is 1.19 bits per heavy atom. The van der Waals surface area contributed by atoms with Crippen LogP contribution in [-0.4, -0.2) is 63.5 Å². The van der Waals surface area contributed by atoms with E-state index in [4.69, 9.17) is 0 Å². The molecule has 1 N–H and O–H groups in total. The van der Waals surface area contributed by atoms with E-state index in [9.17, 15) is 14.4 Å². The third-order valence-corrected chi connectivity index (χ3v) is 5.41. The van der Waals surface area contributed by atoms with Crippen molar-refractivity contribution in [2.45, 2.75) is 46.7 Å². The van der Waals surface area contributed by atoms with Crippen molar-refractivity contribution in [1.82, 2.24) is 24.9 Å². The Labute approximate surface area is 183 Å². The van der Waals surface area contributed by atoms with Crippen molar-refractivity contribution in [2.75, 3.05) is 26.2 Å². The van der Waals surface area contributed by atoms with Crippen LogP contribution >= 0.6 is 0 Å². The van der Waals surface area contributed by atoms with Gasteiger partial charge in [0.25, 0.3) is 11.8 Å². The maximum Gasteiger partial charge on any atom is 0.274 e. The first-order chi connectivity index (χ1) is 14.9. The normalized spacial score (nSPS) is 13.5. The zero-order chi connectivity index (χ0) is 22.4. The molecule has 0 atom stereocenters. The van der Waals surface area contributed by atoms with Gasteiger partial charge in [0.2, 0.25) is 5.91 Å². The zero-order valence-corrected chi connectivity index (χ0v) is 18.6. The van der Waals surface area contributed by atoms with E-state index in [2.05, 4.69) is 16.5 Å². The fraction of sp³-hybridized carbons (Fsp3) is 0.478. The highest BCUT2D eigenvalue weighted by atomic mass is 16.2. The Morgan fingerprint density at radius 3 is 2.71 bits per heavy atom. The van der Waals surface area contributed by atoms with Gasteiger partial charge in [-0.3, -0.25) is 19.1 Å². The monoisotopic (exact) mass is 425 g/mol. The molecular weight excluding hydrogens is 394 g/mol. The molecule has 0 saturated carbocycles. The Bertz CT molecular complexity index is 952. The van der Waals surface area contributed by atoms with Gasteiger partial charge in [0.1, 0.15) is 5.69 Å². The van der Waals surface area contributed by atoms with Gasteiger partial charge in [-0.25, -0.2) is 0 Å². The molecule has 8 heteroatoms. The number of nitrogens with one attached hydrogen (secondary N) is 1. The lowest BCUT2D eigenvalue weighted by atomic mass is 10.1. The Morgan fingerprint density at radius 2 is 2.00 bits per heavy atom. The minimum absolute atomic E-state index is 0.0867. The third kappa shape index (κ3) is 5.51. The highest BCUT2D eigenvalue weighted by Gasteiger charge is 2.27. The summed E-state index contributed by atoms with van der Waals surface area (Å²) in [4.78, 5) is 41.3. The molecular formula is C23H31N5O3. The molecule has 2 aromatic rings. The number of rotatable bonds is 8. The van der Waals surface area contributed by atoms with Crippen molar-refractivity contribution in [2.24, 2.45) is 0 Å². The van der Waals surface area contributed by atoms with Gasteiger partial charge >= 0.3 is 0 Å². The molecule has 0 aliphatic carbocycles. The molecule has 1 aliphatic rings. The molecule has 2 heterocycles. The maximum atomic E-state index is 13.2. The highest BCUT2D eigenvalue weighted by Crippen LogP contribution is 2.18. The molecule has 0 radical (unpaired) electrons. The van der Waals surface area contributed by atoms with E-state index in [1.54, 1.807) is 15.6 Å². The second-order valence-electron chi connectivity index (χ2n) is 7.80. The molecule has 0 unspecified atom stereocenters. The van der Waals surface area contributed by atoms with Crippen LogP contribution in [-0.2, 0) is 17.9 Å². The van der Waals surface area contributed by atoms with Crippen LogP contribution in [0.3, 0.4) is 0 Å². The van der Waals surface area contributed by atoms with Crippen LogP contribution < -0.4 is 5.32 Å². The number of hydrogen-bond acceptors (Lipinski definition) is 4. The quantitative estimate of drug-likeness (QED) is 0.703. The second-order valence-corrected chi connectivity index (χ2v) is 7.80. The lowest BCUT2D eigenvalue weighted by molar-refractivity contribution is -0.121. The van der Waals surface area contributed by atoms with Crippen molar-refractivity contribution in [3.05, 3.63) is 52.8 Å². The molecule has 0 bridgehead atoms. The molecule has 0 saturated heterocycles. The Hall–Kier alpha value is -3.16. The largest absolute Gasteiger partial charge is 0.356 e. The molecule has 1 aromatic heterocycles. The summed E-state index contributed by atoms with van der Waals surface area (Å²) in [5.41, 5.74) is 2.93. The van der Waals surface area contributed by atoms with Crippen molar-refractivity contribution in [3.8, 4) is 0 Å². The number of carbonyl (C=O) groups excluding carboxylic acids is 3. The van der Waals surface area contributed by atoms with Gasteiger partial charge in [-0.05, 0) is 32.8 Å². The number of hydrogen-bond donors (Lipinski definition) is 1. The van der Waals surface area contributed by atoms with Crippen LogP contribution in [0, 0.1) is 6.92 Å². The van der Waals surface area contributed by atoms with Crippen molar-refractivity contribution in [1.29, 1.82) is 0 Å². The van der Waals surface area contributed by atoms with E-state index in [1.807, 2.05) is 43.9 Å². The van der Waals surface area contributed by atoms with Gasteiger partial charge < -0.3 is 15.1 Å². The predicted octanol–water partition coefficient (Wildman–Crippen LogP) is 2.23. The lowest BCUT2D eigenvalue weighted by Gasteiger charge is -2.20. The fourth-order valence-corrected chi connectivity index (χ4v) is 3.81. The second kappa shape index (κ2) is 10.2. The van der Waals surface area contributed by atoms with Crippen LogP contribution in [0.2, 0.25) is 0 Å². The average Bonchev–Trinajstić information content (AvgIpc) is 3.11. The Balaban J connectivity index is 1.74. The standard InChI is InChI=1S/C23H31N5O3/c1-4-24-21(29)10-13-26(5-2)22(30)19-15-20-23(31)27(11-7-12-28(20)25-19)16-18-9-6-8-17(3)14-18/h6,8-9,14-15H,4-5,7,10-13,16H2,1-3H3,(H,24,29). The summed E-state index contributed by atoms with van der Waals surface area (Å²) < 4.78 is 1.64. The molecule has 3 rings (SSSR count). The molecule has 1 aromatic carbocycles. The van der Waals surface area contributed by atoms with E-state index in [0.29, 0.717) is 45.0 Å². The summed E-state index contributed by atoms with van der Waals surface area (Å²) in [5, 5.41) is 7.16.